The summed E-state index contributed by atoms with van der Waals surface area (Å²) >= 11 is 0. The van der Waals surface area contributed by atoms with Gasteiger partial charge in [0.05, 0.1) is 12.0 Å². The maximum absolute atomic E-state index is 11.3. The first-order chi connectivity index (χ1) is 6.56. The lowest BCUT2D eigenvalue weighted by atomic mass is 10.0. The molecule has 14 heavy (non-hydrogen) atoms. The predicted octanol–water partition coefficient (Wildman–Crippen LogP) is 1.78. The predicted molar refractivity (Wildman–Crippen MR) is 52.6 cm³/mol. The molecule has 0 aliphatic carbocycles. The third-order valence-electron chi connectivity index (χ3n) is 2.18. The van der Waals surface area contributed by atoms with Gasteiger partial charge in [0.1, 0.15) is 12.0 Å². The number of phenolic OH excluding ortho intramolecular Hbond substituents is 1. The van der Waals surface area contributed by atoms with Crippen LogP contribution in [-0.2, 0) is 4.79 Å². The zero-order chi connectivity index (χ0) is 10.7. The van der Waals surface area contributed by atoms with Gasteiger partial charge < -0.3 is 9.90 Å². The number of ketones is 1. The standard InChI is InChI=1S/C11H12O3/c1-7-5-9(10(13)3-4-12)11(14)6-8(7)2/h4-6,14H,3H2,1-2H3. The molecule has 0 aliphatic rings. The van der Waals surface area contributed by atoms with Gasteiger partial charge in [-0.2, -0.15) is 0 Å². The van der Waals surface area contributed by atoms with E-state index in [1.807, 2.05) is 13.8 Å². The lowest BCUT2D eigenvalue weighted by Crippen LogP contribution is -2.01. The molecule has 0 atom stereocenters. The molecule has 0 spiro atoms. The Bertz CT molecular complexity index is 380. The summed E-state index contributed by atoms with van der Waals surface area (Å²) in [7, 11) is 0. The number of Topliss-reactive ketones (excluding diaryl/α,β-unsaturated/α-hetero) is 1. The summed E-state index contributed by atoms with van der Waals surface area (Å²) in [6.07, 6.45) is 0.354. The number of carbonyl (C=O) groups is 2. The summed E-state index contributed by atoms with van der Waals surface area (Å²) < 4.78 is 0. The topological polar surface area (TPSA) is 54.4 Å². The molecule has 0 aliphatic heterocycles. The van der Waals surface area contributed by atoms with Crippen LogP contribution in [0.5, 0.6) is 5.75 Å². The minimum absolute atomic E-state index is 0.0556. The molecule has 1 aromatic rings. The van der Waals surface area contributed by atoms with Gasteiger partial charge in [0.15, 0.2) is 5.78 Å². The van der Waals surface area contributed by atoms with Gasteiger partial charge in [-0.1, -0.05) is 0 Å². The molecular formula is C11H12O3. The number of aryl methyl sites for hydroxylation is 2. The molecule has 74 valence electrons. The number of hydrogen-bond acceptors (Lipinski definition) is 3. The Hall–Kier alpha value is -1.64. The van der Waals surface area contributed by atoms with Gasteiger partial charge >= 0.3 is 0 Å². The van der Waals surface area contributed by atoms with Crippen LogP contribution in [0.25, 0.3) is 0 Å². The third-order valence-corrected chi connectivity index (χ3v) is 2.18. The molecule has 0 bridgehead atoms. The first-order valence-corrected chi connectivity index (χ1v) is 4.33. The number of carbonyl (C=O) groups excluding carboxylic acids is 2. The molecule has 1 rings (SSSR count). The van der Waals surface area contributed by atoms with E-state index in [2.05, 4.69) is 0 Å². The van der Waals surface area contributed by atoms with E-state index in [0.717, 1.165) is 11.1 Å². The van der Waals surface area contributed by atoms with Crippen molar-refractivity contribution in [1.82, 2.24) is 0 Å². The highest BCUT2D eigenvalue weighted by molar-refractivity contribution is 6.04. The van der Waals surface area contributed by atoms with Gasteiger partial charge in [0.25, 0.3) is 0 Å². The van der Waals surface area contributed by atoms with E-state index in [9.17, 15) is 14.7 Å². The largest absolute Gasteiger partial charge is 0.507 e. The maximum Gasteiger partial charge on any atom is 0.173 e. The second kappa shape index (κ2) is 4.05. The van der Waals surface area contributed by atoms with Crippen LogP contribution >= 0.6 is 0 Å². The summed E-state index contributed by atoms with van der Waals surface area (Å²) in [5, 5.41) is 9.48. The number of hydrogen-bond donors (Lipinski definition) is 1. The number of phenols is 1. The minimum Gasteiger partial charge on any atom is -0.507 e. The molecule has 0 saturated heterocycles. The summed E-state index contributed by atoms with van der Waals surface area (Å²) in [6, 6.07) is 3.14. The van der Waals surface area contributed by atoms with Crippen LogP contribution in [0.4, 0.5) is 0 Å². The number of benzene rings is 1. The minimum atomic E-state index is -0.347. The molecule has 3 heteroatoms. The lowest BCUT2D eigenvalue weighted by Gasteiger charge is -2.05. The zero-order valence-corrected chi connectivity index (χ0v) is 8.20. The second-order valence-electron chi connectivity index (χ2n) is 3.25. The third kappa shape index (κ3) is 1.99. The normalized spacial score (nSPS) is 9.86. The maximum atomic E-state index is 11.3. The summed E-state index contributed by atoms with van der Waals surface area (Å²) in [5.74, 6) is -0.402. The second-order valence-corrected chi connectivity index (χ2v) is 3.25. The van der Waals surface area contributed by atoms with Crippen LogP contribution in [0.3, 0.4) is 0 Å². The Morgan fingerprint density at radius 3 is 2.50 bits per heavy atom. The van der Waals surface area contributed by atoms with Crippen LogP contribution in [0.1, 0.15) is 27.9 Å². The van der Waals surface area contributed by atoms with Crippen molar-refractivity contribution in [3.05, 3.63) is 28.8 Å². The number of rotatable bonds is 3. The highest BCUT2D eigenvalue weighted by Gasteiger charge is 2.11. The van der Waals surface area contributed by atoms with Gasteiger partial charge in [-0.25, -0.2) is 0 Å². The first kappa shape index (κ1) is 10.4. The SMILES string of the molecule is Cc1cc(O)c(C(=O)CC=O)cc1C. The Morgan fingerprint density at radius 2 is 1.93 bits per heavy atom. The fourth-order valence-corrected chi connectivity index (χ4v) is 1.21. The molecule has 0 fully saturated rings. The number of aromatic hydroxyl groups is 1. The smallest absolute Gasteiger partial charge is 0.173 e. The monoisotopic (exact) mass is 192 g/mol. The van der Waals surface area contributed by atoms with Crippen LogP contribution in [-0.4, -0.2) is 17.2 Å². The molecule has 0 unspecified atom stereocenters. The average Bonchev–Trinajstić information content (AvgIpc) is 2.11. The van der Waals surface area contributed by atoms with Gasteiger partial charge in [-0.05, 0) is 37.1 Å². The fraction of sp³-hybridized carbons (Fsp3) is 0.273. The van der Waals surface area contributed by atoms with E-state index >= 15 is 0 Å². The van der Waals surface area contributed by atoms with Crippen molar-refractivity contribution < 1.29 is 14.7 Å². The molecule has 1 aromatic carbocycles. The number of aldehydes is 1. The highest BCUT2D eigenvalue weighted by Crippen LogP contribution is 2.22. The van der Waals surface area contributed by atoms with Gasteiger partial charge in [0, 0.05) is 0 Å². The van der Waals surface area contributed by atoms with Crippen LogP contribution < -0.4 is 0 Å². The van der Waals surface area contributed by atoms with E-state index in [1.54, 1.807) is 6.07 Å². The van der Waals surface area contributed by atoms with Crippen molar-refractivity contribution in [2.45, 2.75) is 20.3 Å². The first-order valence-electron chi connectivity index (χ1n) is 4.33. The molecule has 0 aromatic heterocycles. The summed E-state index contributed by atoms with van der Waals surface area (Å²) in [6.45, 7) is 3.70. The van der Waals surface area contributed by atoms with Crippen molar-refractivity contribution in [1.29, 1.82) is 0 Å². The Morgan fingerprint density at radius 1 is 1.36 bits per heavy atom. The van der Waals surface area contributed by atoms with Crippen LogP contribution in [0.2, 0.25) is 0 Å². The molecule has 0 radical (unpaired) electrons. The van der Waals surface area contributed by atoms with E-state index < -0.39 is 0 Å². The lowest BCUT2D eigenvalue weighted by molar-refractivity contribution is -0.107. The van der Waals surface area contributed by atoms with Gasteiger partial charge in [-0.3, -0.25) is 4.79 Å². The molecule has 0 saturated carbocycles. The van der Waals surface area contributed by atoms with Crippen molar-refractivity contribution in [2.75, 3.05) is 0 Å². The van der Waals surface area contributed by atoms with E-state index in [4.69, 9.17) is 0 Å². The molecular weight excluding hydrogens is 180 g/mol. The summed E-state index contributed by atoms with van der Waals surface area (Å²) in [5.41, 5.74) is 2.07. The Balaban J connectivity index is 3.15. The van der Waals surface area contributed by atoms with Crippen molar-refractivity contribution in [2.24, 2.45) is 0 Å². The molecule has 3 nitrogen and oxygen atoms in total. The van der Waals surface area contributed by atoms with Crippen LogP contribution in [0, 0.1) is 13.8 Å². The molecule has 1 N–H and O–H groups in total. The van der Waals surface area contributed by atoms with Gasteiger partial charge in [-0.15, -0.1) is 0 Å². The molecule has 0 heterocycles. The average molecular weight is 192 g/mol. The van der Waals surface area contributed by atoms with E-state index in [1.165, 1.54) is 6.07 Å². The highest BCUT2D eigenvalue weighted by atomic mass is 16.3. The van der Waals surface area contributed by atoms with Crippen molar-refractivity contribution >= 4 is 12.1 Å². The molecule has 0 amide bonds. The quantitative estimate of drug-likeness (QED) is 0.451. The zero-order valence-electron chi connectivity index (χ0n) is 8.20. The van der Waals surface area contributed by atoms with Crippen LogP contribution in [0.15, 0.2) is 12.1 Å². The van der Waals surface area contributed by atoms with Crippen molar-refractivity contribution in [3.63, 3.8) is 0 Å². The summed E-state index contributed by atoms with van der Waals surface area (Å²) in [4.78, 5) is 21.5. The van der Waals surface area contributed by atoms with Gasteiger partial charge in [0.2, 0.25) is 0 Å². The Labute approximate surface area is 82.4 Å². The van der Waals surface area contributed by atoms with E-state index in [0.29, 0.717) is 6.29 Å². The fourth-order valence-electron chi connectivity index (χ4n) is 1.21. The van der Waals surface area contributed by atoms with E-state index in [-0.39, 0.29) is 23.5 Å². The Kier molecular flexibility index (Phi) is 3.02. The van der Waals surface area contributed by atoms with Crippen molar-refractivity contribution in [3.8, 4) is 5.75 Å².